The number of hydrogen-bond donors (Lipinski definition) is 2. The molecule has 2 aromatic heterocycles. The minimum atomic E-state index is -0.496. The van der Waals surface area contributed by atoms with Crippen molar-refractivity contribution in [3.63, 3.8) is 0 Å². The van der Waals surface area contributed by atoms with E-state index in [-0.39, 0.29) is 11.4 Å². The number of hydrazone groups is 1. The first-order valence-corrected chi connectivity index (χ1v) is 7.23. The predicted molar refractivity (Wildman–Crippen MR) is 89.2 cm³/mol. The van der Waals surface area contributed by atoms with Crippen LogP contribution < -0.4 is 5.43 Å². The van der Waals surface area contributed by atoms with Gasteiger partial charge in [-0.05, 0) is 36.8 Å². The zero-order valence-electron chi connectivity index (χ0n) is 13.1. The zero-order valence-corrected chi connectivity index (χ0v) is 13.1. The van der Waals surface area contributed by atoms with Gasteiger partial charge in [0, 0.05) is 18.2 Å². The average Bonchev–Trinajstić information content (AvgIpc) is 3.24. The van der Waals surface area contributed by atoms with Crippen LogP contribution in [-0.2, 0) is 0 Å². The Hall–Kier alpha value is -3.75. The number of carbonyl (C=O) groups excluding carboxylic acids is 1. The SMILES string of the molecule is Cc1ccc(-c2cc(C(=O)NN=Cc3ccc([N+](=O)[O-])cc3)n[nH]2)o1. The van der Waals surface area contributed by atoms with Crippen molar-refractivity contribution in [1.29, 1.82) is 0 Å². The summed E-state index contributed by atoms with van der Waals surface area (Å²) in [6, 6.07) is 10.9. The van der Waals surface area contributed by atoms with Crippen molar-refractivity contribution in [1.82, 2.24) is 15.6 Å². The van der Waals surface area contributed by atoms with Gasteiger partial charge in [0.2, 0.25) is 0 Å². The Morgan fingerprint density at radius 1 is 1.32 bits per heavy atom. The van der Waals surface area contributed by atoms with E-state index in [1.165, 1.54) is 30.5 Å². The molecule has 1 amide bonds. The summed E-state index contributed by atoms with van der Waals surface area (Å²) in [7, 11) is 0. The molecule has 3 rings (SSSR count). The molecule has 0 aliphatic rings. The summed E-state index contributed by atoms with van der Waals surface area (Å²) in [5.41, 5.74) is 3.67. The van der Waals surface area contributed by atoms with Crippen LogP contribution in [0.25, 0.3) is 11.5 Å². The van der Waals surface area contributed by atoms with Crippen LogP contribution in [-0.4, -0.2) is 27.2 Å². The van der Waals surface area contributed by atoms with Gasteiger partial charge in [-0.25, -0.2) is 5.43 Å². The molecule has 2 heterocycles. The number of furan rings is 1. The van der Waals surface area contributed by atoms with Crippen molar-refractivity contribution in [3.05, 3.63) is 69.6 Å². The van der Waals surface area contributed by atoms with Gasteiger partial charge in [-0.2, -0.15) is 10.2 Å². The highest BCUT2D eigenvalue weighted by Gasteiger charge is 2.12. The largest absolute Gasteiger partial charge is 0.460 e. The van der Waals surface area contributed by atoms with Crippen molar-refractivity contribution < 1.29 is 14.1 Å². The Balaban J connectivity index is 1.62. The van der Waals surface area contributed by atoms with Gasteiger partial charge in [0.05, 0.1) is 11.1 Å². The second kappa shape index (κ2) is 6.79. The second-order valence-electron chi connectivity index (χ2n) is 5.12. The monoisotopic (exact) mass is 339 g/mol. The van der Waals surface area contributed by atoms with Gasteiger partial charge in [0.15, 0.2) is 11.5 Å². The van der Waals surface area contributed by atoms with Crippen LogP contribution in [0.2, 0.25) is 0 Å². The number of nitro benzene ring substituents is 1. The van der Waals surface area contributed by atoms with E-state index in [4.69, 9.17) is 4.42 Å². The molecule has 1 aromatic carbocycles. The number of nitro groups is 1. The van der Waals surface area contributed by atoms with E-state index < -0.39 is 10.8 Å². The summed E-state index contributed by atoms with van der Waals surface area (Å²) in [6.07, 6.45) is 1.38. The summed E-state index contributed by atoms with van der Waals surface area (Å²) >= 11 is 0. The van der Waals surface area contributed by atoms with E-state index in [1.807, 2.05) is 13.0 Å². The molecule has 0 bridgehead atoms. The fourth-order valence-electron chi connectivity index (χ4n) is 2.05. The van der Waals surface area contributed by atoms with Gasteiger partial charge in [-0.3, -0.25) is 20.0 Å². The van der Waals surface area contributed by atoms with Crippen molar-refractivity contribution in [3.8, 4) is 11.5 Å². The van der Waals surface area contributed by atoms with Crippen LogP contribution in [0.3, 0.4) is 0 Å². The lowest BCUT2D eigenvalue weighted by Gasteiger charge is -1.95. The highest BCUT2D eigenvalue weighted by atomic mass is 16.6. The van der Waals surface area contributed by atoms with Crippen LogP contribution in [0.1, 0.15) is 21.8 Å². The number of non-ortho nitro benzene ring substituents is 1. The number of nitrogens with one attached hydrogen (secondary N) is 2. The minimum Gasteiger partial charge on any atom is -0.460 e. The van der Waals surface area contributed by atoms with Gasteiger partial charge in [-0.15, -0.1) is 0 Å². The van der Waals surface area contributed by atoms with Crippen LogP contribution in [0.5, 0.6) is 0 Å². The first-order chi connectivity index (χ1) is 12.0. The van der Waals surface area contributed by atoms with E-state index >= 15 is 0 Å². The summed E-state index contributed by atoms with van der Waals surface area (Å²) in [5.74, 6) is 0.839. The van der Waals surface area contributed by atoms with Crippen molar-refractivity contribution in [2.24, 2.45) is 5.10 Å². The normalized spacial score (nSPS) is 10.9. The molecule has 0 fully saturated rings. The molecule has 126 valence electrons. The van der Waals surface area contributed by atoms with Crippen molar-refractivity contribution in [2.75, 3.05) is 0 Å². The Bertz CT molecular complexity index is 940. The standard InChI is InChI=1S/C16H13N5O4/c1-10-2-7-15(25-10)13-8-14(19-18-13)16(22)20-17-9-11-3-5-12(6-4-11)21(23)24/h2-9H,1H3,(H,18,19)(H,20,22). The molecule has 0 saturated heterocycles. The lowest BCUT2D eigenvalue weighted by atomic mass is 10.2. The lowest BCUT2D eigenvalue weighted by Crippen LogP contribution is -2.17. The van der Waals surface area contributed by atoms with Crippen molar-refractivity contribution >= 4 is 17.8 Å². The number of benzene rings is 1. The number of aryl methyl sites for hydroxylation is 1. The minimum absolute atomic E-state index is 0.0154. The third-order valence-electron chi connectivity index (χ3n) is 3.30. The van der Waals surface area contributed by atoms with E-state index in [9.17, 15) is 14.9 Å². The van der Waals surface area contributed by atoms with Gasteiger partial charge in [0.1, 0.15) is 11.5 Å². The van der Waals surface area contributed by atoms with Crippen LogP contribution >= 0.6 is 0 Å². The molecule has 0 saturated carbocycles. The van der Waals surface area contributed by atoms with Gasteiger partial charge < -0.3 is 4.42 Å². The molecule has 9 heteroatoms. The number of aromatic nitrogens is 2. The van der Waals surface area contributed by atoms with E-state index in [0.29, 0.717) is 17.0 Å². The van der Waals surface area contributed by atoms with Crippen LogP contribution in [0, 0.1) is 17.0 Å². The number of rotatable bonds is 5. The highest BCUT2D eigenvalue weighted by molar-refractivity contribution is 5.94. The number of aromatic amines is 1. The Kier molecular flexibility index (Phi) is 4.38. The van der Waals surface area contributed by atoms with E-state index in [2.05, 4.69) is 20.7 Å². The summed E-state index contributed by atoms with van der Waals surface area (Å²) in [4.78, 5) is 22.1. The Labute approximate surface area is 141 Å². The van der Waals surface area contributed by atoms with Crippen molar-refractivity contribution in [2.45, 2.75) is 6.92 Å². The number of hydrogen-bond acceptors (Lipinski definition) is 6. The Morgan fingerprint density at radius 3 is 2.72 bits per heavy atom. The molecule has 3 aromatic rings. The molecule has 9 nitrogen and oxygen atoms in total. The number of H-pyrrole nitrogens is 1. The molecule has 0 unspecified atom stereocenters. The highest BCUT2D eigenvalue weighted by Crippen LogP contribution is 2.20. The fraction of sp³-hybridized carbons (Fsp3) is 0.0625. The lowest BCUT2D eigenvalue weighted by molar-refractivity contribution is -0.384. The number of carbonyl (C=O) groups is 1. The molecular formula is C16H13N5O4. The number of nitrogens with zero attached hydrogens (tertiary/aromatic N) is 3. The maximum Gasteiger partial charge on any atom is 0.291 e. The Morgan fingerprint density at radius 2 is 2.08 bits per heavy atom. The second-order valence-corrected chi connectivity index (χ2v) is 5.12. The molecule has 0 radical (unpaired) electrons. The molecule has 0 spiro atoms. The third-order valence-corrected chi connectivity index (χ3v) is 3.30. The molecule has 0 atom stereocenters. The topological polar surface area (TPSA) is 126 Å². The predicted octanol–water partition coefficient (Wildman–Crippen LogP) is 2.65. The third kappa shape index (κ3) is 3.78. The molecular weight excluding hydrogens is 326 g/mol. The summed E-state index contributed by atoms with van der Waals surface area (Å²) < 4.78 is 5.45. The van der Waals surface area contributed by atoms with E-state index in [1.54, 1.807) is 12.1 Å². The molecule has 0 aliphatic heterocycles. The summed E-state index contributed by atoms with van der Waals surface area (Å²) in [6.45, 7) is 1.82. The molecule has 0 aliphatic carbocycles. The smallest absolute Gasteiger partial charge is 0.291 e. The fourth-order valence-corrected chi connectivity index (χ4v) is 2.05. The quantitative estimate of drug-likeness (QED) is 0.420. The first-order valence-electron chi connectivity index (χ1n) is 7.23. The van der Waals surface area contributed by atoms with E-state index in [0.717, 1.165) is 5.76 Å². The average molecular weight is 339 g/mol. The molecule has 25 heavy (non-hydrogen) atoms. The van der Waals surface area contributed by atoms with Crippen LogP contribution in [0.4, 0.5) is 5.69 Å². The van der Waals surface area contributed by atoms with Gasteiger partial charge in [-0.1, -0.05) is 0 Å². The zero-order chi connectivity index (χ0) is 17.8. The molecule has 2 N–H and O–H groups in total. The maximum atomic E-state index is 12.0. The van der Waals surface area contributed by atoms with Gasteiger partial charge in [0.25, 0.3) is 11.6 Å². The van der Waals surface area contributed by atoms with Gasteiger partial charge >= 0.3 is 0 Å². The maximum absolute atomic E-state index is 12.0. The first kappa shape index (κ1) is 16.1. The summed E-state index contributed by atoms with van der Waals surface area (Å²) in [5, 5.41) is 21.0. The number of amides is 1. The van der Waals surface area contributed by atoms with Crippen LogP contribution in [0.15, 0.2) is 52.0 Å².